The topological polar surface area (TPSA) is 80.3 Å². The highest BCUT2D eigenvalue weighted by molar-refractivity contribution is 7.91. The monoisotopic (exact) mass is 357 g/mol. The lowest BCUT2D eigenvalue weighted by Gasteiger charge is -2.08. The van der Waals surface area contributed by atoms with Crippen molar-refractivity contribution in [1.82, 2.24) is 5.32 Å². The van der Waals surface area contributed by atoms with Gasteiger partial charge in [0.25, 0.3) is 5.91 Å². The van der Waals surface area contributed by atoms with E-state index in [1.54, 1.807) is 12.1 Å². The summed E-state index contributed by atoms with van der Waals surface area (Å²) in [5.74, 6) is -1.18. The van der Waals surface area contributed by atoms with Crippen LogP contribution in [0.2, 0.25) is 0 Å². The molecule has 2 rings (SSSR count). The van der Waals surface area contributed by atoms with Gasteiger partial charge in [-0.1, -0.05) is 36.4 Å². The lowest BCUT2D eigenvalue weighted by molar-refractivity contribution is 0.0961. The largest absolute Gasteiger partial charge is 0.355 e. The number of Topliss-reactive ketones (excluding diaryl/α,β-unsaturated/α-hetero) is 1. The molecular formula is C19H19NO4S. The van der Waals surface area contributed by atoms with Crippen LogP contribution in [0.3, 0.4) is 0 Å². The summed E-state index contributed by atoms with van der Waals surface area (Å²) in [7, 11) is -2.13. The summed E-state index contributed by atoms with van der Waals surface area (Å²) in [4.78, 5) is 24.1. The number of aryl methyl sites for hydroxylation is 1. The summed E-state index contributed by atoms with van der Waals surface area (Å²) in [5.41, 5.74) is 1.63. The van der Waals surface area contributed by atoms with Crippen LogP contribution in [0.15, 0.2) is 65.6 Å². The van der Waals surface area contributed by atoms with Gasteiger partial charge < -0.3 is 5.32 Å². The molecule has 0 atom stereocenters. The molecule has 0 saturated carbocycles. The summed E-state index contributed by atoms with van der Waals surface area (Å²) in [6.07, 6.45) is 0. The van der Waals surface area contributed by atoms with Gasteiger partial charge in [-0.05, 0) is 31.2 Å². The first-order valence-corrected chi connectivity index (χ1v) is 9.24. The molecule has 0 saturated heterocycles. The number of carbonyl (C=O) groups excluding carboxylic acids is 2. The Morgan fingerprint density at radius 1 is 0.960 bits per heavy atom. The average Bonchev–Trinajstić information content (AvgIpc) is 2.60. The van der Waals surface area contributed by atoms with Crippen LogP contribution in [0.4, 0.5) is 0 Å². The molecule has 0 unspecified atom stereocenters. The molecule has 0 fully saturated rings. The SMILES string of the molecule is C=C(CS(=O)(=O)c1ccc(C)cc1)C(=O)c1ccc(C(=O)NC)cc1. The molecule has 0 aliphatic carbocycles. The smallest absolute Gasteiger partial charge is 0.251 e. The lowest BCUT2D eigenvalue weighted by Crippen LogP contribution is -2.18. The summed E-state index contributed by atoms with van der Waals surface area (Å²) in [6.45, 7) is 5.49. The standard InChI is InChI=1S/C19H19NO4S/c1-13-4-10-17(11-5-13)25(23,24)12-14(2)18(21)15-6-8-16(9-7-15)19(22)20-3/h4-11H,2,12H2,1,3H3,(H,20,22). The van der Waals surface area contributed by atoms with Gasteiger partial charge in [0.15, 0.2) is 15.6 Å². The summed E-state index contributed by atoms with van der Waals surface area (Å²) in [6, 6.07) is 12.4. The molecule has 0 aliphatic heterocycles. The van der Waals surface area contributed by atoms with Crippen molar-refractivity contribution >= 4 is 21.5 Å². The van der Waals surface area contributed by atoms with E-state index in [2.05, 4.69) is 11.9 Å². The van der Waals surface area contributed by atoms with Crippen molar-refractivity contribution in [3.8, 4) is 0 Å². The Labute approximate surface area is 147 Å². The predicted octanol–water partition coefficient (Wildman–Crippen LogP) is 2.57. The normalized spacial score (nSPS) is 11.0. The molecule has 0 spiro atoms. The van der Waals surface area contributed by atoms with Crippen LogP contribution in [0.5, 0.6) is 0 Å². The van der Waals surface area contributed by atoms with Crippen LogP contribution in [0, 0.1) is 6.92 Å². The minimum absolute atomic E-state index is 0.0201. The first kappa shape index (κ1) is 18.6. The van der Waals surface area contributed by atoms with Gasteiger partial charge in [-0.25, -0.2) is 8.42 Å². The Kier molecular flexibility index (Phi) is 5.54. The maximum atomic E-state index is 12.4. The molecule has 0 bridgehead atoms. The molecule has 2 aromatic carbocycles. The Hall–Kier alpha value is -2.73. The number of nitrogens with one attached hydrogen (secondary N) is 1. The van der Waals surface area contributed by atoms with E-state index in [0.29, 0.717) is 5.56 Å². The van der Waals surface area contributed by atoms with Crippen LogP contribution in [-0.4, -0.2) is 32.9 Å². The molecule has 5 nitrogen and oxygen atoms in total. The first-order chi connectivity index (χ1) is 11.7. The molecule has 0 aliphatic rings. The van der Waals surface area contributed by atoms with Gasteiger partial charge in [-0.2, -0.15) is 0 Å². The third kappa shape index (κ3) is 4.42. The Bertz CT molecular complexity index is 911. The maximum absolute atomic E-state index is 12.4. The summed E-state index contributed by atoms with van der Waals surface area (Å²) >= 11 is 0. The zero-order valence-electron chi connectivity index (χ0n) is 14.1. The van der Waals surface area contributed by atoms with E-state index < -0.39 is 21.4 Å². The molecule has 6 heteroatoms. The van der Waals surface area contributed by atoms with Crippen molar-refractivity contribution in [2.24, 2.45) is 0 Å². The van der Waals surface area contributed by atoms with Crippen molar-refractivity contribution < 1.29 is 18.0 Å². The van der Waals surface area contributed by atoms with E-state index in [9.17, 15) is 18.0 Å². The van der Waals surface area contributed by atoms with E-state index in [-0.39, 0.29) is 21.9 Å². The minimum atomic E-state index is -3.64. The number of amides is 1. The number of sulfone groups is 1. The molecule has 0 radical (unpaired) electrons. The first-order valence-electron chi connectivity index (χ1n) is 7.58. The second-order valence-corrected chi connectivity index (χ2v) is 7.65. The van der Waals surface area contributed by atoms with E-state index in [1.165, 1.54) is 43.4 Å². The highest BCUT2D eigenvalue weighted by Gasteiger charge is 2.20. The zero-order chi connectivity index (χ0) is 18.6. The molecular weight excluding hydrogens is 338 g/mol. The molecule has 1 N–H and O–H groups in total. The minimum Gasteiger partial charge on any atom is -0.355 e. The van der Waals surface area contributed by atoms with Crippen LogP contribution in [0.1, 0.15) is 26.3 Å². The van der Waals surface area contributed by atoms with E-state index in [0.717, 1.165) is 5.56 Å². The zero-order valence-corrected chi connectivity index (χ0v) is 14.9. The van der Waals surface area contributed by atoms with E-state index >= 15 is 0 Å². The van der Waals surface area contributed by atoms with Crippen molar-refractivity contribution in [2.75, 3.05) is 12.8 Å². The van der Waals surface area contributed by atoms with Crippen molar-refractivity contribution in [2.45, 2.75) is 11.8 Å². The van der Waals surface area contributed by atoms with Crippen molar-refractivity contribution in [3.05, 3.63) is 77.4 Å². The van der Waals surface area contributed by atoms with Gasteiger partial charge >= 0.3 is 0 Å². The van der Waals surface area contributed by atoms with Gasteiger partial charge in [-0.3, -0.25) is 9.59 Å². The number of ketones is 1. The second-order valence-electron chi connectivity index (χ2n) is 5.66. The molecule has 0 heterocycles. The predicted molar refractivity (Wildman–Crippen MR) is 96.5 cm³/mol. The van der Waals surface area contributed by atoms with Crippen molar-refractivity contribution in [1.29, 1.82) is 0 Å². The molecule has 1 amide bonds. The van der Waals surface area contributed by atoms with E-state index in [4.69, 9.17) is 0 Å². The maximum Gasteiger partial charge on any atom is 0.251 e. The van der Waals surface area contributed by atoms with Gasteiger partial charge in [0.2, 0.25) is 0 Å². The number of benzene rings is 2. The Balaban J connectivity index is 2.15. The van der Waals surface area contributed by atoms with Gasteiger partial charge in [0.1, 0.15) is 0 Å². The number of rotatable bonds is 6. The summed E-state index contributed by atoms with van der Waals surface area (Å²) < 4.78 is 24.8. The third-order valence-electron chi connectivity index (χ3n) is 3.70. The Morgan fingerprint density at radius 3 is 2.00 bits per heavy atom. The van der Waals surface area contributed by atoms with Crippen LogP contribution in [-0.2, 0) is 9.84 Å². The number of hydrogen-bond acceptors (Lipinski definition) is 4. The quantitative estimate of drug-likeness (QED) is 0.636. The van der Waals surface area contributed by atoms with Gasteiger partial charge in [0.05, 0.1) is 10.6 Å². The third-order valence-corrected chi connectivity index (χ3v) is 5.42. The fraction of sp³-hybridized carbons (Fsp3) is 0.158. The van der Waals surface area contributed by atoms with E-state index in [1.807, 2.05) is 6.92 Å². The molecule has 25 heavy (non-hydrogen) atoms. The highest BCUT2D eigenvalue weighted by atomic mass is 32.2. The molecule has 0 aromatic heterocycles. The van der Waals surface area contributed by atoms with Crippen molar-refractivity contribution in [3.63, 3.8) is 0 Å². The van der Waals surface area contributed by atoms with Crippen LogP contribution >= 0.6 is 0 Å². The average molecular weight is 357 g/mol. The number of hydrogen-bond donors (Lipinski definition) is 1. The fourth-order valence-electron chi connectivity index (χ4n) is 2.25. The van der Waals surface area contributed by atoms with Gasteiger partial charge in [-0.15, -0.1) is 0 Å². The second kappa shape index (κ2) is 7.44. The fourth-order valence-corrected chi connectivity index (χ4v) is 3.55. The summed E-state index contributed by atoms with van der Waals surface area (Å²) in [5, 5.41) is 2.49. The highest BCUT2D eigenvalue weighted by Crippen LogP contribution is 2.17. The Morgan fingerprint density at radius 2 is 1.48 bits per heavy atom. The molecule has 2 aromatic rings. The molecule has 130 valence electrons. The van der Waals surface area contributed by atoms with Crippen LogP contribution < -0.4 is 5.32 Å². The van der Waals surface area contributed by atoms with Crippen LogP contribution in [0.25, 0.3) is 0 Å². The number of carbonyl (C=O) groups is 2. The lowest BCUT2D eigenvalue weighted by atomic mass is 10.0. The van der Waals surface area contributed by atoms with Gasteiger partial charge in [0, 0.05) is 23.7 Å².